The maximum absolute atomic E-state index is 4.04. The van der Waals surface area contributed by atoms with E-state index in [1.807, 2.05) is 12.1 Å². The van der Waals surface area contributed by atoms with Crippen LogP contribution in [-0.4, -0.2) is 10.2 Å². The molecule has 12 heavy (non-hydrogen) atoms. The molecule has 0 unspecified atom stereocenters. The quantitative estimate of drug-likeness (QED) is 0.656. The molecule has 0 radical (unpaired) electrons. The average molecular weight is 382 g/mol. The molecule has 1 aromatic carbocycles. The summed E-state index contributed by atoms with van der Waals surface area (Å²) < 4.78 is 2.43. The van der Waals surface area contributed by atoms with Crippen molar-refractivity contribution in [3.8, 4) is 0 Å². The van der Waals surface area contributed by atoms with Gasteiger partial charge in [-0.05, 0) is 63.4 Å². The molecule has 0 spiro atoms. The minimum Gasteiger partial charge on any atom is -0.159 e. The van der Waals surface area contributed by atoms with Crippen LogP contribution in [0.3, 0.4) is 0 Å². The molecule has 1 heterocycles. The summed E-state index contributed by atoms with van der Waals surface area (Å²) in [6.07, 6.45) is 1.72. The van der Waals surface area contributed by atoms with Crippen LogP contribution in [0.2, 0.25) is 0 Å². The normalized spacial score (nSPS) is 10.5. The zero-order chi connectivity index (χ0) is 8.55. The van der Waals surface area contributed by atoms with Crippen molar-refractivity contribution in [1.82, 2.24) is 10.2 Å². The lowest BCUT2D eigenvalue weighted by atomic mass is 10.2. The highest BCUT2D eigenvalue weighted by molar-refractivity contribution is 14.1. The van der Waals surface area contributed by atoms with Crippen LogP contribution in [0, 0.1) is 7.14 Å². The van der Waals surface area contributed by atoms with Gasteiger partial charge in [-0.2, -0.15) is 10.2 Å². The lowest BCUT2D eigenvalue weighted by molar-refractivity contribution is 1.07. The van der Waals surface area contributed by atoms with Gasteiger partial charge < -0.3 is 0 Å². The van der Waals surface area contributed by atoms with E-state index in [-0.39, 0.29) is 0 Å². The molecule has 0 amide bonds. The van der Waals surface area contributed by atoms with Gasteiger partial charge >= 0.3 is 0 Å². The Kier molecular flexibility index (Phi) is 2.44. The van der Waals surface area contributed by atoms with Gasteiger partial charge in [0.2, 0.25) is 0 Å². The summed E-state index contributed by atoms with van der Waals surface area (Å²) in [5, 5.41) is 9.05. The van der Waals surface area contributed by atoms with E-state index in [0.29, 0.717) is 0 Å². The van der Waals surface area contributed by atoms with Crippen LogP contribution < -0.4 is 0 Å². The van der Waals surface area contributed by atoms with Crippen molar-refractivity contribution in [3.05, 3.63) is 31.5 Å². The van der Waals surface area contributed by atoms with Crippen molar-refractivity contribution in [3.63, 3.8) is 0 Å². The molecular weight excluding hydrogens is 378 g/mol. The molecule has 2 nitrogen and oxygen atoms in total. The van der Waals surface area contributed by atoms with Gasteiger partial charge in [-0.1, -0.05) is 0 Å². The highest BCUT2D eigenvalue weighted by Gasteiger charge is 2.00. The number of rotatable bonds is 0. The molecule has 0 atom stereocenters. The van der Waals surface area contributed by atoms with Gasteiger partial charge in [0.1, 0.15) is 0 Å². The van der Waals surface area contributed by atoms with Crippen LogP contribution in [-0.2, 0) is 0 Å². The fourth-order valence-corrected chi connectivity index (χ4v) is 3.02. The number of fused-ring (bicyclic) bond motifs is 1. The van der Waals surface area contributed by atoms with E-state index in [9.17, 15) is 0 Å². The lowest BCUT2D eigenvalue weighted by Crippen LogP contribution is -1.86. The van der Waals surface area contributed by atoms with Gasteiger partial charge in [0.05, 0.1) is 11.7 Å². The number of benzene rings is 1. The van der Waals surface area contributed by atoms with Gasteiger partial charge in [0.25, 0.3) is 0 Å². The van der Waals surface area contributed by atoms with E-state index >= 15 is 0 Å². The molecular formula is C8H4I2N2. The van der Waals surface area contributed by atoms with Crippen LogP contribution in [0.1, 0.15) is 0 Å². The molecule has 0 aliphatic carbocycles. The van der Waals surface area contributed by atoms with Crippen molar-refractivity contribution < 1.29 is 0 Å². The predicted octanol–water partition coefficient (Wildman–Crippen LogP) is 2.84. The molecule has 2 rings (SSSR count). The van der Waals surface area contributed by atoms with E-state index in [4.69, 9.17) is 0 Å². The van der Waals surface area contributed by atoms with Gasteiger partial charge in [-0.15, -0.1) is 0 Å². The average Bonchev–Trinajstić information content (AvgIpc) is 2.04. The number of hydrogen-bond donors (Lipinski definition) is 0. The summed E-state index contributed by atoms with van der Waals surface area (Å²) in [6, 6.07) is 6.15. The minimum absolute atomic E-state index is 0.966. The first-order valence-electron chi connectivity index (χ1n) is 3.34. The monoisotopic (exact) mass is 382 g/mol. The highest BCUT2D eigenvalue weighted by Crippen LogP contribution is 2.20. The van der Waals surface area contributed by atoms with Crippen molar-refractivity contribution in [1.29, 1.82) is 0 Å². The Balaban J connectivity index is 2.89. The second kappa shape index (κ2) is 3.41. The Hall–Kier alpha value is 0.0200. The molecule has 0 aliphatic rings. The fraction of sp³-hybridized carbons (Fsp3) is 0. The van der Waals surface area contributed by atoms with Gasteiger partial charge in [0.15, 0.2) is 0 Å². The summed E-state index contributed by atoms with van der Waals surface area (Å²) >= 11 is 4.59. The zero-order valence-electron chi connectivity index (χ0n) is 5.96. The Labute approximate surface area is 97.0 Å². The van der Waals surface area contributed by atoms with E-state index in [1.54, 1.807) is 6.20 Å². The van der Waals surface area contributed by atoms with E-state index in [2.05, 4.69) is 61.4 Å². The molecule has 0 aliphatic heterocycles. The van der Waals surface area contributed by atoms with Crippen molar-refractivity contribution in [2.75, 3.05) is 0 Å². The third-order valence-electron chi connectivity index (χ3n) is 1.55. The molecule has 0 bridgehead atoms. The van der Waals surface area contributed by atoms with Gasteiger partial charge in [-0.3, -0.25) is 0 Å². The first-order chi connectivity index (χ1) is 5.77. The van der Waals surface area contributed by atoms with E-state index < -0.39 is 0 Å². The van der Waals surface area contributed by atoms with Crippen molar-refractivity contribution in [2.45, 2.75) is 0 Å². The zero-order valence-corrected chi connectivity index (χ0v) is 10.3. The first kappa shape index (κ1) is 8.61. The Morgan fingerprint density at radius 1 is 1.17 bits per heavy atom. The maximum Gasteiger partial charge on any atom is 0.0950 e. The third-order valence-corrected chi connectivity index (χ3v) is 3.06. The molecule has 60 valence electrons. The summed E-state index contributed by atoms with van der Waals surface area (Å²) in [5.74, 6) is 0. The predicted molar refractivity (Wildman–Crippen MR) is 65.0 cm³/mol. The number of hydrogen-bond acceptors (Lipinski definition) is 2. The molecule has 0 N–H and O–H groups in total. The second-order valence-corrected chi connectivity index (χ2v) is 4.76. The second-order valence-electron chi connectivity index (χ2n) is 2.35. The van der Waals surface area contributed by atoms with Crippen molar-refractivity contribution >= 4 is 56.1 Å². The highest BCUT2D eigenvalue weighted by atomic mass is 127. The smallest absolute Gasteiger partial charge is 0.0950 e. The SMILES string of the molecule is Ic1cc(I)c2ccnnc2c1. The number of aromatic nitrogens is 2. The number of halogens is 2. The fourth-order valence-electron chi connectivity index (χ4n) is 1.02. The van der Waals surface area contributed by atoms with Crippen LogP contribution >= 0.6 is 45.2 Å². The van der Waals surface area contributed by atoms with Crippen LogP contribution in [0.15, 0.2) is 24.4 Å². The van der Waals surface area contributed by atoms with E-state index in [1.165, 1.54) is 12.5 Å². The molecule has 0 saturated carbocycles. The standard InChI is InChI=1S/C8H4I2N2/c9-5-3-7(10)6-1-2-11-12-8(6)4-5/h1-4H. The summed E-state index contributed by atoms with van der Waals surface area (Å²) in [4.78, 5) is 0. The molecule has 0 fully saturated rings. The van der Waals surface area contributed by atoms with E-state index in [0.717, 1.165) is 5.52 Å². The van der Waals surface area contributed by atoms with Gasteiger partial charge in [-0.25, -0.2) is 0 Å². The molecule has 4 heteroatoms. The van der Waals surface area contributed by atoms with Crippen LogP contribution in [0.4, 0.5) is 0 Å². The number of nitrogens with zero attached hydrogens (tertiary/aromatic N) is 2. The lowest BCUT2D eigenvalue weighted by Gasteiger charge is -1.98. The molecule has 2 aromatic rings. The van der Waals surface area contributed by atoms with Crippen molar-refractivity contribution in [2.24, 2.45) is 0 Å². The minimum atomic E-state index is 0.966. The largest absolute Gasteiger partial charge is 0.159 e. The topological polar surface area (TPSA) is 25.8 Å². The van der Waals surface area contributed by atoms with Crippen LogP contribution in [0.25, 0.3) is 10.9 Å². The Bertz CT molecular complexity index is 428. The van der Waals surface area contributed by atoms with Gasteiger partial charge in [0, 0.05) is 12.5 Å². The molecule has 0 saturated heterocycles. The first-order valence-corrected chi connectivity index (χ1v) is 5.49. The maximum atomic E-state index is 4.04. The summed E-state index contributed by atoms with van der Waals surface area (Å²) in [5.41, 5.74) is 0.966. The Morgan fingerprint density at radius 2 is 2.00 bits per heavy atom. The third kappa shape index (κ3) is 1.54. The summed E-state index contributed by atoms with van der Waals surface area (Å²) in [7, 11) is 0. The van der Waals surface area contributed by atoms with Crippen LogP contribution in [0.5, 0.6) is 0 Å². The Morgan fingerprint density at radius 3 is 2.83 bits per heavy atom. The summed E-state index contributed by atoms with van der Waals surface area (Å²) in [6.45, 7) is 0. The molecule has 1 aromatic heterocycles.